The van der Waals surface area contributed by atoms with Gasteiger partial charge in [-0.15, -0.1) is 0 Å². The number of ether oxygens (including phenoxy) is 1. The molecule has 0 aromatic heterocycles. The first-order valence-corrected chi connectivity index (χ1v) is 7.02. The van der Waals surface area contributed by atoms with E-state index in [0.717, 1.165) is 0 Å². The van der Waals surface area contributed by atoms with E-state index in [2.05, 4.69) is 31.8 Å². The summed E-state index contributed by atoms with van der Waals surface area (Å²) in [5.74, 6) is -2.39. The third-order valence-electron chi connectivity index (χ3n) is 2.68. The summed E-state index contributed by atoms with van der Waals surface area (Å²) in [4.78, 5) is 34.1. The highest BCUT2D eigenvalue weighted by Gasteiger charge is 2.20. The standard InChI is InChI=1S/C13H11BrFN3O4/c14-7-1-2-9(8(15)5-7)16-12(20)6-22-13(21)10-3-4-11(19)18-17-10/h1-2,5H,3-4,6H2,(H,16,20)(H,18,19). The van der Waals surface area contributed by atoms with Crippen LogP contribution in [0, 0.1) is 5.82 Å². The molecule has 116 valence electrons. The van der Waals surface area contributed by atoms with Crippen LogP contribution < -0.4 is 10.7 Å². The Hall–Kier alpha value is -2.29. The fraction of sp³-hybridized carbons (Fsp3) is 0.231. The summed E-state index contributed by atoms with van der Waals surface area (Å²) in [5, 5.41) is 5.82. The molecule has 7 nitrogen and oxygen atoms in total. The maximum Gasteiger partial charge on any atom is 0.355 e. The van der Waals surface area contributed by atoms with Crippen molar-refractivity contribution in [3.8, 4) is 0 Å². The van der Waals surface area contributed by atoms with Crippen molar-refractivity contribution < 1.29 is 23.5 Å². The van der Waals surface area contributed by atoms with E-state index in [0.29, 0.717) is 4.47 Å². The van der Waals surface area contributed by atoms with Gasteiger partial charge in [0.05, 0.1) is 5.69 Å². The minimum atomic E-state index is -0.800. The fourth-order valence-electron chi connectivity index (χ4n) is 1.61. The summed E-state index contributed by atoms with van der Waals surface area (Å²) < 4.78 is 18.8. The Balaban J connectivity index is 1.85. The van der Waals surface area contributed by atoms with E-state index in [1.165, 1.54) is 12.1 Å². The highest BCUT2D eigenvalue weighted by molar-refractivity contribution is 9.10. The van der Waals surface area contributed by atoms with Crippen molar-refractivity contribution in [2.45, 2.75) is 12.8 Å². The smallest absolute Gasteiger partial charge is 0.355 e. The van der Waals surface area contributed by atoms with E-state index in [4.69, 9.17) is 4.74 Å². The first-order valence-electron chi connectivity index (χ1n) is 6.23. The second-order valence-corrected chi connectivity index (χ2v) is 5.26. The van der Waals surface area contributed by atoms with Gasteiger partial charge in [0.25, 0.3) is 5.91 Å². The molecule has 0 bridgehead atoms. The zero-order valence-electron chi connectivity index (χ0n) is 11.2. The van der Waals surface area contributed by atoms with E-state index < -0.39 is 24.3 Å². The largest absolute Gasteiger partial charge is 0.451 e. The SMILES string of the molecule is O=C1CCC(C(=O)OCC(=O)Nc2ccc(Br)cc2F)=NN1. The molecule has 1 aliphatic heterocycles. The average molecular weight is 372 g/mol. The molecule has 2 N–H and O–H groups in total. The van der Waals surface area contributed by atoms with Gasteiger partial charge in [0.15, 0.2) is 6.61 Å². The molecule has 22 heavy (non-hydrogen) atoms. The van der Waals surface area contributed by atoms with Crippen molar-refractivity contribution in [2.75, 3.05) is 11.9 Å². The quantitative estimate of drug-likeness (QED) is 0.780. The molecule has 1 aliphatic rings. The van der Waals surface area contributed by atoms with Gasteiger partial charge in [0.1, 0.15) is 11.5 Å². The van der Waals surface area contributed by atoms with Gasteiger partial charge in [-0.1, -0.05) is 15.9 Å². The predicted molar refractivity (Wildman–Crippen MR) is 78.5 cm³/mol. The first kappa shape index (κ1) is 16.1. The van der Waals surface area contributed by atoms with E-state index in [9.17, 15) is 18.8 Å². The second kappa shape index (κ2) is 7.12. The number of nitrogens with one attached hydrogen (secondary N) is 2. The number of hydrazone groups is 1. The van der Waals surface area contributed by atoms with Crippen molar-refractivity contribution in [1.29, 1.82) is 0 Å². The van der Waals surface area contributed by atoms with Crippen LogP contribution in [0.2, 0.25) is 0 Å². The van der Waals surface area contributed by atoms with Crippen LogP contribution in [0.15, 0.2) is 27.8 Å². The Morgan fingerprint density at radius 1 is 1.41 bits per heavy atom. The third-order valence-corrected chi connectivity index (χ3v) is 3.17. The molecule has 1 aromatic carbocycles. The van der Waals surface area contributed by atoms with Crippen LogP contribution in [-0.2, 0) is 19.1 Å². The molecule has 2 rings (SSSR count). The van der Waals surface area contributed by atoms with Crippen molar-refractivity contribution in [3.63, 3.8) is 0 Å². The topological polar surface area (TPSA) is 96.9 Å². The molecule has 0 radical (unpaired) electrons. The van der Waals surface area contributed by atoms with Gasteiger partial charge in [-0.3, -0.25) is 9.59 Å². The number of esters is 1. The number of nitrogens with zero attached hydrogens (tertiary/aromatic N) is 1. The number of benzene rings is 1. The van der Waals surface area contributed by atoms with Crippen LogP contribution in [-0.4, -0.2) is 30.1 Å². The summed E-state index contributed by atoms with van der Waals surface area (Å²) >= 11 is 3.10. The number of halogens is 2. The minimum absolute atomic E-state index is 0.0217. The Kier molecular flexibility index (Phi) is 5.21. The molecule has 1 heterocycles. The van der Waals surface area contributed by atoms with Gasteiger partial charge in [-0.2, -0.15) is 5.10 Å². The number of carbonyl (C=O) groups is 3. The number of rotatable bonds is 4. The van der Waals surface area contributed by atoms with Crippen LogP contribution in [0.4, 0.5) is 10.1 Å². The summed E-state index contributed by atoms with van der Waals surface area (Å²) in [6.07, 6.45) is 0.276. The van der Waals surface area contributed by atoms with Gasteiger partial charge in [0, 0.05) is 17.3 Å². The maximum atomic E-state index is 13.5. The van der Waals surface area contributed by atoms with E-state index in [-0.39, 0.29) is 30.1 Å². The van der Waals surface area contributed by atoms with Gasteiger partial charge in [-0.05, 0) is 18.2 Å². The molecular weight excluding hydrogens is 361 g/mol. The highest BCUT2D eigenvalue weighted by Crippen LogP contribution is 2.19. The molecule has 0 saturated heterocycles. The number of amides is 2. The summed E-state index contributed by atoms with van der Waals surface area (Å²) in [6.45, 7) is -0.582. The zero-order chi connectivity index (χ0) is 16.1. The molecule has 0 fully saturated rings. The zero-order valence-corrected chi connectivity index (χ0v) is 12.8. The lowest BCUT2D eigenvalue weighted by Gasteiger charge is -2.11. The Morgan fingerprint density at radius 2 is 2.18 bits per heavy atom. The number of hydrogen-bond acceptors (Lipinski definition) is 5. The lowest BCUT2D eigenvalue weighted by molar-refractivity contribution is -0.140. The van der Waals surface area contributed by atoms with Crippen LogP contribution in [0.25, 0.3) is 0 Å². The molecule has 0 atom stereocenters. The molecule has 9 heteroatoms. The molecule has 0 spiro atoms. The van der Waals surface area contributed by atoms with Gasteiger partial charge in [-0.25, -0.2) is 14.6 Å². The lowest BCUT2D eigenvalue weighted by atomic mass is 10.2. The number of anilines is 1. The Morgan fingerprint density at radius 3 is 2.82 bits per heavy atom. The predicted octanol–water partition coefficient (Wildman–Crippen LogP) is 1.34. The van der Waals surface area contributed by atoms with Crippen molar-refractivity contribution in [2.24, 2.45) is 5.10 Å². The summed E-state index contributed by atoms with van der Waals surface area (Å²) in [5.41, 5.74) is 2.15. The van der Waals surface area contributed by atoms with Crippen LogP contribution in [0.5, 0.6) is 0 Å². The summed E-state index contributed by atoms with van der Waals surface area (Å²) in [7, 11) is 0. The maximum absolute atomic E-state index is 13.5. The number of hydrogen-bond donors (Lipinski definition) is 2. The normalized spacial score (nSPS) is 13.9. The minimum Gasteiger partial charge on any atom is -0.451 e. The number of carbonyl (C=O) groups excluding carboxylic acids is 3. The third kappa shape index (κ3) is 4.35. The van der Waals surface area contributed by atoms with E-state index in [1.807, 2.05) is 0 Å². The van der Waals surface area contributed by atoms with Gasteiger partial charge in [0.2, 0.25) is 5.91 Å². The Bertz CT molecular complexity index is 663. The van der Waals surface area contributed by atoms with Crippen molar-refractivity contribution in [3.05, 3.63) is 28.5 Å². The molecule has 0 unspecified atom stereocenters. The average Bonchev–Trinajstić information content (AvgIpc) is 2.48. The molecule has 0 aliphatic carbocycles. The van der Waals surface area contributed by atoms with Gasteiger partial charge >= 0.3 is 5.97 Å². The van der Waals surface area contributed by atoms with E-state index in [1.54, 1.807) is 6.07 Å². The first-order chi connectivity index (χ1) is 10.5. The van der Waals surface area contributed by atoms with Crippen LogP contribution in [0.3, 0.4) is 0 Å². The van der Waals surface area contributed by atoms with E-state index >= 15 is 0 Å². The summed E-state index contributed by atoms with van der Waals surface area (Å²) in [6, 6.07) is 4.13. The molecule has 1 aromatic rings. The Labute approximate surface area is 133 Å². The fourth-order valence-corrected chi connectivity index (χ4v) is 1.95. The molecular formula is C13H11BrFN3O4. The van der Waals surface area contributed by atoms with Crippen LogP contribution in [0.1, 0.15) is 12.8 Å². The monoisotopic (exact) mass is 371 g/mol. The van der Waals surface area contributed by atoms with Crippen LogP contribution >= 0.6 is 15.9 Å². The lowest BCUT2D eigenvalue weighted by Crippen LogP contribution is -2.32. The molecule has 0 saturated carbocycles. The highest BCUT2D eigenvalue weighted by atomic mass is 79.9. The van der Waals surface area contributed by atoms with Gasteiger partial charge < -0.3 is 10.1 Å². The second-order valence-electron chi connectivity index (χ2n) is 4.34. The molecule has 2 amide bonds. The van der Waals surface area contributed by atoms with Crippen molar-refractivity contribution >= 4 is 45.1 Å². The van der Waals surface area contributed by atoms with Crippen molar-refractivity contribution in [1.82, 2.24) is 5.43 Å².